The maximum atomic E-state index is 11.8. The number of nitrogens with one attached hydrogen (secondary N) is 2. The van der Waals surface area contributed by atoms with Crippen molar-refractivity contribution in [1.82, 2.24) is 10.2 Å². The highest BCUT2D eigenvalue weighted by Crippen LogP contribution is 2.29. The van der Waals surface area contributed by atoms with Gasteiger partial charge in [0.1, 0.15) is 0 Å². The highest BCUT2D eigenvalue weighted by molar-refractivity contribution is 6.44. The number of hydrogen-bond acceptors (Lipinski definition) is 4. The molecule has 0 unspecified atom stereocenters. The number of hydrogen-bond donors (Lipinski definition) is 2. The fourth-order valence-corrected chi connectivity index (χ4v) is 2.51. The minimum Gasteiger partial charge on any atom is -0.379 e. The Labute approximate surface area is 138 Å². The molecular formula is C14H17Cl2N3O3. The van der Waals surface area contributed by atoms with Crippen LogP contribution in [0.25, 0.3) is 0 Å². The van der Waals surface area contributed by atoms with Crippen LogP contribution in [0.1, 0.15) is 0 Å². The normalized spacial score (nSPS) is 15.4. The van der Waals surface area contributed by atoms with Gasteiger partial charge in [-0.05, 0) is 12.1 Å². The molecule has 1 aromatic rings. The molecule has 1 heterocycles. The lowest BCUT2D eigenvalue weighted by atomic mass is 10.3. The molecule has 1 fully saturated rings. The lowest BCUT2D eigenvalue weighted by Crippen LogP contribution is -2.43. The molecule has 2 N–H and O–H groups in total. The molecule has 0 spiro atoms. The molecule has 0 atom stereocenters. The van der Waals surface area contributed by atoms with E-state index in [9.17, 15) is 9.59 Å². The molecule has 22 heavy (non-hydrogen) atoms. The quantitative estimate of drug-likeness (QED) is 0.809. The van der Waals surface area contributed by atoms with Gasteiger partial charge in [-0.15, -0.1) is 0 Å². The van der Waals surface area contributed by atoms with Crippen molar-refractivity contribution in [1.29, 1.82) is 0 Å². The Morgan fingerprint density at radius 2 is 1.77 bits per heavy atom. The minimum absolute atomic E-state index is 0.235. The number of nitrogens with zero attached hydrogens (tertiary/aromatic N) is 1. The van der Waals surface area contributed by atoms with Gasteiger partial charge in [-0.3, -0.25) is 14.5 Å². The standard InChI is InChI=1S/C14H17Cl2N3O3/c15-10-2-1-3-11(16)12(10)18-14(21)13(20)17-4-5-19-6-8-22-9-7-19/h1-3H,4-9H2,(H,17,20)(H,18,21). The first-order valence-corrected chi connectivity index (χ1v) is 7.67. The molecule has 1 aromatic carbocycles. The summed E-state index contributed by atoms with van der Waals surface area (Å²) >= 11 is 11.9. The van der Waals surface area contributed by atoms with Crippen molar-refractivity contribution in [2.45, 2.75) is 0 Å². The Bertz CT molecular complexity index is 528. The van der Waals surface area contributed by atoms with Crippen LogP contribution in [-0.4, -0.2) is 56.1 Å². The average molecular weight is 346 g/mol. The van der Waals surface area contributed by atoms with Gasteiger partial charge < -0.3 is 15.4 Å². The topological polar surface area (TPSA) is 70.7 Å². The monoisotopic (exact) mass is 345 g/mol. The summed E-state index contributed by atoms with van der Waals surface area (Å²) < 4.78 is 5.24. The van der Waals surface area contributed by atoms with Gasteiger partial charge in [-0.25, -0.2) is 0 Å². The van der Waals surface area contributed by atoms with E-state index in [0.29, 0.717) is 26.3 Å². The molecule has 6 nitrogen and oxygen atoms in total. The molecule has 2 rings (SSSR count). The Morgan fingerprint density at radius 3 is 2.41 bits per heavy atom. The number of halogens is 2. The smallest absolute Gasteiger partial charge is 0.313 e. The summed E-state index contributed by atoms with van der Waals surface area (Å²) in [5, 5.41) is 5.55. The van der Waals surface area contributed by atoms with E-state index in [2.05, 4.69) is 15.5 Å². The first kappa shape index (κ1) is 17.0. The number of amides is 2. The van der Waals surface area contributed by atoms with Crippen LogP contribution in [0.15, 0.2) is 18.2 Å². The molecule has 0 aromatic heterocycles. The first-order chi connectivity index (χ1) is 10.6. The highest BCUT2D eigenvalue weighted by Gasteiger charge is 2.17. The first-order valence-electron chi connectivity index (χ1n) is 6.91. The molecular weight excluding hydrogens is 329 g/mol. The van der Waals surface area contributed by atoms with Gasteiger partial charge in [0.25, 0.3) is 0 Å². The molecule has 120 valence electrons. The summed E-state index contributed by atoms with van der Waals surface area (Å²) in [6.07, 6.45) is 0. The van der Waals surface area contributed by atoms with Gasteiger partial charge >= 0.3 is 11.8 Å². The minimum atomic E-state index is -0.794. The molecule has 0 saturated carbocycles. The maximum Gasteiger partial charge on any atom is 0.313 e. The van der Waals surface area contributed by atoms with Crippen molar-refractivity contribution >= 4 is 40.7 Å². The molecule has 8 heteroatoms. The average Bonchev–Trinajstić information content (AvgIpc) is 2.52. The van der Waals surface area contributed by atoms with Crippen LogP contribution in [0, 0.1) is 0 Å². The zero-order valence-electron chi connectivity index (χ0n) is 11.9. The van der Waals surface area contributed by atoms with Crippen LogP contribution >= 0.6 is 23.2 Å². The summed E-state index contributed by atoms with van der Waals surface area (Å²) in [6, 6.07) is 4.82. The van der Waals surface area contributed by atoms with Crippen molar-refractivity contribution in [3.05, 3.63) is 28.2 Å². The second kappa shape index (κ2) is 8.33. The van der Waals surface area contributed by atoms with E-state index in [1.807, 2.05) is 0 Å². The van der Waals surface area contributed by atoms with E-state index in [4.69, 9.17) is 27.9 Å². The Morgan fingerprint density at radius 1 is 1.14 bits per heavy atom. The number of carbonyl (C=O) groups is 2. The van der Waals surface area contributed by atoms with Crippen LogP contribution in [0.4, 0.5) is 5.69 Å². The lowest BCUT2D eigenvalue weighted by molar-refractivity contribution is -0.136. The number of carbonyl (C=O) groups excluding carboxylic acids is 2. The molecule has 0 aliphatic carbocycles. The predicted molar refractivity (Wildman–Crippen MR) is 85.4 cm³/mol. The number of morpholine rings is 1. The zero-order chi connectivity index (χ0) is 15.9. The summed E-state index contributed by atoms with van der Waals surface area (Å²) in [5.41, 5.74) is 0.235. The van der Waals surface area contributed by atoms with Crippen molar-refractivity contribution in [2.24, 2.45) is 0 Å². The second-order valence-electron chi connectivity index (χ2n) is 4.76. The van der Waals surface area contributed by atoms with Gasteiger partial charge in [-0.2, -0.15) is 0 Å². The van der Waals surface area contributed by atoms with Crippen molar-refractivity contribution in [2.75, 3.05) is 44.7 Å². The summed E-state index contributed by atoms with van der Waals surface area (Å²) in [7, 11) is 0. The van der Waals surface area contributed by atoms with Gasteiger partial charge in [0.15, 0.2) is 0 Å². The predicted octanol–water partition coefficient (Wildman–Crippen LogP) is 1.38. The Balaban J connectivity index is 1.78. The van der Waals surface area contributed by atoms with E-state index in [1.54, 1.807) is 18.2 Å². The third-order valence-electron chi connectivity index (χ3n) is 3.22. The fourth-order valence-electron chi connectivity index (χ4n) is 2.02. The molecule has 1 aliphatic rings. The van der Waals surface area contributed by atoms with Gasteiger partial charge in [0, 0.05) is 26.2 Å². The Hall–Kier alpha value is -1.34. The van der Waals surface area contributed by atoms with Gasteiger partial charge in [0.2, 0.25) is 0 Å². The summed E-state index contributed by atoms with van der Waals surface area (Å²) in [6.45, 7) is 4.12. The number of rotatable bonds is 4. The van der Waals surface area contributed by atoms with Crippen molar-refractivity contribution in [3.8, 4) is 0 Å². The van der Waals surface area contributed by atoms with Crippen LogP contribution in [0.5, 0.6) is 0 Å². The SMILES string of the molecule is O=C(NCCN1CCOCC1)C(=O)Nc1c(Cl)cccc1Cl. The van der Waals surface area contributed by atoms with E-state index in [1.165, 1.54) is 0 Å². The van der Waals surface area contributed by atoms with Gasteiger partial charge in [0.05, 0.1) is 28.9 Å². The molecule has 0 bridgehead atoms. The summed E-state index contributed by atoms with van der Waals surface area (Å²) in [5.74, 6) is -1.51. The highest BCUT2D eigenvalue weighted by atomic mass is 35.5. The van der Waals surface area contributed by atoms with E-state index in [0.717, 1.165) is 13.1 Å². The van der Waals surface area contributed by atoms with E-state index in [-0.39, 0.29) is 15.7 Å². The second-order valence-corrected chi connectivity index (χ2v) is 5.58. The maximum absolute atomic E-state index is 11.8. The number of ether oxygens (including phenoxy) is 1. The Kier molecular flexibility index (Phi) is 6.45. The third-order valence-corrected chi connectivity index (χ3v) is 3.85. The van der Waals surface area contributed by atoms with Crippen LogP contribution < -0.4 is 10.6 Å². The van der Waals surface area contributed by atoms with Crippen LogP contribution in [0.3, 0.4) is 0 Å². The largest absolute Gasteiger partial charge is 0.379 e. The fraction of sp³-hybridized carbons (Fsp3) is 0.429. The van der Waals surface area contributed by atoms with Crippen LogP contribution in [-0.2, 0) is 14.3 Å². The molecule has 0 radical (unpaired) electrons. The molecule has 1 saturated heterocycles. The van der Waals surface area contributed by atoms with Crippen molar-refractivity contribution in [3.63, 3.8) is 0 Å². The number of benzene rings is 1. The number of para-hydroxylation sites is 1. The zero-order valence-corrected chi connectivity index (χ0v) is 13.4. The summed E-state index contributed by atoms with van der Waals surface area (Å²) in [4.78, 5) is 25.7. The lowest BCUT2D eigenvalue weighted by Gasteiger charge is -2.26. The van der Waals surface area contributed by atoms with Crippen LogP contribution in [0.2, 0.25) is 10.0 Å². The third kappa shape index (κ3) is 4.84. The van der Waals surface area contributed by atoms with E-state index >= 15 is 0 Å². The van der Waals surface area contributed by atoms with E-state index < -0.39 is 11.8 Å². The molecule has 1 aliphatic heterocycles. The number of anilines is 1. The molecule has 2 amide bonds. The van der Waals surface area contributed by atoms with Gasteiger partial charge in [-0.1, -0.05) is 29.3 Å². The van der Waals surface area contributed by atoms with Crippen molar-refractivity contribution < 1.29 is 14.3 Å².